The average Bonchev–Trinajstić information content (AvgIpc) is 1.99. The van der Waals surface area contributed by atoms with Gasteiger partial charge in [-0.2, -0.15) is 4.98 Å². The fraction of sp³-hybridized carbons (Fsp3) is 0.429. The van der Waals surface area contributed by atoms with E-state index in [4.69, 9.17) is 5.73 Å². The Morgan fingerprint density at radius 3 is 2.50 bits per heavy atom. The number of aromatic amines is 1. The Hall–Kier alpha value is -1.52. The van der Waals surface area contributed by atoms with Gasteiger partial charge in [-0.15, -0.1) is 0 Å². The van der Waals surface area contributed by atoms with Gasteiger partial charge < -0.3 is 10.6 Å². The van der Waals surface area contributed by atoms with Gasteiger partial charge in [-0.05, 0) is 6.92 Å². The van der Waals surface area contributed by atoms with Crippen LogP contribution in [0, 0.1) is 6.92 Å². The van der Waals surface area contributed by atoms with Gasteiger partial charge in [-0.1, -0.05) is 0 Å². The Bertz CT molecular complexity index is 342. The number of hydrogen-bond donors (Lipinski definition) is 2. The summed E-state index contributed by atoms with van der Waals surface area (Å²) >= 11 is 0. The minimum absolute atomic E-state index is 0.189. The van der Waals surface area contributed by atoms with Crippen LogP contribution in [0.1, 0.15) is 5.56 Å². The molecule has 1 heterocycles. The predicted molar refractivity (Wildman–Crippen MR) is 48.3 cm³/mol. The quantitative estimate of drug-likeness (QED) is 0.605. The molecule has 0 unspecified atom stereocenters. The second kappa shape index (κ2) is 2.84. The van der Waals surface area contributed by atoms with E-state index >= 15 is 0 Å². The van der Waals surface area contributed by atoms with E-state index in [9.17, 15) is 4.79 Å². The zero-order valence-corrected chi connectivity index (χ0v) is 7.38. The number of nitrogens with one attached hydrogen (secondary N) is 1. The van der Waals surface area contributed by atoms with Gasteiger partial charge >= 0.3 is 0 Å². The van der Waals surface area contributed by atoms with Crippen LogP contribution < -0.4 is 16.2 Å². The smallest absolute Gasteiger partial charge is 0.257 e. The maximum absolute atomic E-state index is 11.2. The summed E-state index contributed by atoms with van der Waals surface area (Å²) in [6, 6.07) is 0. The molecular formula is C7H12N4O. The standard InChI is InChI=1S/C7H12N4O/c1-4-5(8)9-7(11(2)3)10-6(4)12/h1-3H3,(H3,8,9,10,12). The molecule has 0 saturated carbocycles. The van der Waals surface area contributed by atoms with E-state index in [-0.39, 0.29) is 11.4 Å². The van der Waals surface area contributed by atoms with Gasteiger partial charge in [0, 0.05) is 14.1 Å². The highest BCUT2D eigenvalue weighted by Gasteiger charge is 2.04. The van der Waals surface area contributed by atoms with Crippen LogP contribution in [0.25, 0.3) is 0 Å². The highest BCUT2D eigenvalue weighted by Crippen LogP contribution is 2.05. The lowest BCUT2D eigenvalue weighted by molar-refractivity contribution is 0.973. The van der Waals surface area contributed by atoms with E-state index in [1.807, 2.05) is 0 Å². The number of anilines is 2. The summed E-state index contributed by atoms with van der Waals surface area (Å²) in [4.78, 5) is 19.4. The number of nitrogens with two attached hydrogens (primary N) is 1. The molecule has 0 saturated heterocycles. The number of rotatable bonds is 1. The van der Waals surface area contributed by atoms with Crippen LogP contribution in [0.15, 0.2) is 4.79 Å². The summed E-state index contributed by atoms with van der Waals surface area (Å²) in [5.41, 5.74) is 5.77. The van der Waals surface area contributed by atoms with Crippen molar-refractivity contribution in [1.82, 2.24) is 9.97 Å². The van der Waals surface area contributed by atoms with Crippen molar-refractivity contribution in [3.05, 3.63) is 15.9 Å². The number of nitrogen functional groups attached to an aromatic ring is 1. The summed E-state index contributed by atoms with van der Waals surface area (Å²) in [6.07, 6.45) is 0. The van der Waals surface area contributed by atoms with E-state index in [1.165, 1.54) is 0 Å². The van der Waals surface area contributed by atoms with Gasteiger partial charge in [-0.3, -0.25) is 9.78 Å². The second-order valence-corrected chi connectivity index (χ2v) is 2.79. The van der Waals surface area contributed by atoms with Crippen LogP contribution >= 0.6 is 0 Å². The summed E-state index contributed by atoms with van der Waals surface area (Å²) in [5, 5.41) is 0. The lowest BCUT2D eigenvalue weighted by atomic mass is 10.3. The normalized spacial score (nSPS) is 9.92. The lowest BCUT2D eigenvalue weighted by Crippen LogP contribution is -2.21. The molecule has 0 spiro atoms. The molecule has 5 heteroatoms. The van der Waals surface area contributed by atoms with Crippen molar-refractivity contribution in [2.24, 2.45) is 0 Å². The lowest BCUT2D eigenvalue weighted by Gasteiger charge is -2.11. The predicted octanol–water partition coefficient (Wildman–Crippen LogP) is -0.273. The van der Waals surface area contributed by atoms with Crippen LogP contribution in [0.4, 0.5) is 11.8 Å². The molecule has 1 aromatic heterocycles. The van der Waals surface area contributed by atoms with Crippen LogP contribution in [0.2, 0.25) is 0 Å². The molecule has 66 valence electrons. The van der Waals surface area contributed by atoms with Crippen molar-refractivity contribution in [2.45, 2.75) is 6.92 Å². The third-order valence-corrected chi connectivity index (χ3v) is 1.60. The molecule has 1 rings (SSSR count). The third kappa shape index (κ3) is 1.39. The first-order valence-electron chi connectivity index (χ1n) is 3.56. The molecule has 12 heavy (non-hydrogen) atoms. The van der Waals surface area contributed by atoms with Gasteiger partial charge in [0.1, 0.15) is 5.82 Å². The summed E-state index contributed by atoms with van der Waals surface area (Å²) < 4.78 is 0. The maximum Gasteiger partial charge on any atom is 0.257 e. The zero-order valence-electron chi connectivity index (χ0n) is 7.38. The molecule has 0 fully saturated rings. The number of H-pyrrole nitrogens is 1. The molecular weight excluding hydrogens is 156 g/mol. The Morgan fingerprint density at radius 1 is 1.50 bits per heavy atom. The Kier molecular flexibility index (Phi) is 2.03. The molecule has 0 bridgehead atoms. The molecule has 0 aromatic carbocycles. The maximum atomic E-state index is 11.2. The monoisotopic (exact) mass is 168 g/mol. The SMILES string of the molecule is Cc1c(N)nc(N(C)C)[nH]c1=O. The van der Waals surface area contributed by atoms with E-state index in [2.05, 4.69) is 9.97 Å². The minimum Gasteiger partial charge on any atom is -0.383 e. The Balaban J connectivity index is 3.31. The first kappa shape index (κ1) is 8.58. The van der Waals surface area contributed by atoms with Gasteiger partial charge in [0.2, 0.25) is 5.95 Å². The fourth-order valence-electron chi connectivity index (χ4n) is 0.749. The van der Waals surface area contributed by atoms with Gasteiger partial charge in [0.15, 0.2) is 0 Å². The highest BCUT2D eigenvalue weighted by molar-refractivity contribution is 5.42. The zero-order chi connectivity index (χ0) is 9.30. The summed E-state index contributed by atoms with van der Waals surface area (Å²) in [5.74, 6) is 0.755. The van der Waals surface area contributed by atoms with E-state index in [0.29, 0.717) is 11.5 Å². The second-order valence-electron chi connectivity index (χ2n) is 2.79. The van der Waals surface area contributed by atoms with E-state index in [0.717, 1.165) is 0 Å². The van der Waals surface area contributed by atoms with Gasteiger partial charge in [-0.25, -0.2) is 0 Å². The van der Waals surface area contributed by atoms with Crippen molar-refractivity contribution in [1.29, 1.82) is 0 Å². The van der Waals surface area contributed by atoms with Crippen molar-refractivity contribution in [3.8, 4) is 0 Å². The fourth-order valence-corrected chi connectivity index (χ4v) is 0.749. The van der Waals surface area contributed by atoms with Crippen molar-refractivity contribution >= 4 is 11.8 Å². The van der Waals surface area contributed by atoms with Crippen molar-refractivity contribution in [3.63, 3.8) is 0 Å². The molecule has 0 aliphatic heterocycles. The summed E-state index contributed by atoms with van der Waals surface area (Å²) in [7, 11) is 3.57. The van der Waals surface area contributed by atoms with Crippen LogP contribution in [0.3, 0.4) is 0 Å². The molecule has 1 aromatic rings. The Morgan fingerprint density at radius 2 is 2.08 bits per heavy atom. The van der Waals surface area contributed by atoms with Crippen LogP contribution in [-0.2, 0) is 0 Å². The largest absolute Gasteiger partial charge is 0.383 e. The molecule has 0 aliphatic rings. The van der Waals surface area contributed by atoms with Gasteiger partial charge in [0.25, 0.3) is 5.56 Å². The number of hydrogen-bond acceptors (Lipinski definition) is 4. The van der Waals surface area contributed by atoms with Crippen LogP contribution in [-0.4, -0.2) is 24.1 Å². The van der Waals surface area contributed by atoms with Crippen molar-refractivity contribution < 1.29 is 0 Å². The number of aromatic nitrogens is 2. The number of nitrogens with zero attached hydrogens (tertiary/aromatic N) is 2. The molecule has 3 N–H and O–H groups in total. The molecule has 0 radical (unpaired) electrons. The first-order valence-corrected chi connectivity index (χ1v) is 3.56. The van der Waals surface area contributed by atoms with Crippen molar-refractivity contribution in [2.75, 3.05) is 24.7 Å². The summed E-state index contributed by atoms with van der Waals surface area (Å²) in [6.45, 7) is 1.64. The molecule has 0 aliphatic carbocycles. The average molecular weight is 168 g/mol. The van der Waals surface area contributed by atoms with E-state index in [1.54, 1.807) is 25.9 Å². The van der Waals surface area contributed by atoms with E-state index < -0.39 is 0 Å². The first-order chi connectivity index (χ1) is 5.52. The Labute approximate surface area is 70.2 Å². The van der Waals surface area contributed by atoms with Gasteiger partial charge in [0.05, 0.1) is 5.56 Å². The third-order valence-electron chi connectivity index (χ3n) is 1.60. The minimum atomic E-state index is -0.189. The van der Waals surface area contributed by atoms with Crippen LogP contribution in [0.5, 0.6) is 0 Å². The molecule has 0 amide bonds. The highest BCUT2D eigenvalue weighted by atomic mass is 16.1. The molecule has 5 nitrogen and oxygen atoms in total. The topological polar surface area (TPSA) is 75.0 Å². The molecule has 0 atom stereocenters.